The van der Waals surface area contributed by atoms with Gasteiger partial charge in [-0.05, 0) is 76.7 Å². The molecule has 0 aromatic rings. The number of carboxylic acids is 1. The lowest BCUT2D eigenvalue weighted by molar-refractivity contribution is -0.147. The van der Waals surface area contributed by atoms with Gasteiger partial charge in [0, 0.05) is 12.8 Å². The Morgan fingerprint density at radius 1 is 0.575 bits per heavy atom. The first kappa shape index (κ1) is 37.9. The van der Waals surface area contributed by atoms with Crippen molar-refractivity contribution in [2.24, 2.45) is 0 Å². The molecule has 0 radical (unpaired) electrons. The van der Waals surface area contributed by atoms with Gasteiger partial charge in [0.25, 0.3) is 0 Å². The third kappa shape index (κ3) is 30.4. The Balaban J connectivity index is 4.19. The van der Waals surface area contributed by atoms with E-state index in [-0.39, 0.29) is 18.5 Å². The molecule has 1 N–H and O–H groups in total. The Hall–Kier alpha value is -2.10. The van der Waals surface area contributed by atoms with Crippen molar-refractivity contribution in [2.75, 3.05) is 0 Å². The number of unbranched alkanes of at least 4 members (excludes halogenated alkanes) is 14. The molecule has 0 saturated carbocycles. The topological polar surface area (TPSA) is 63.6 Å². The molecular weight excluding hydrogens is 496 g/mol. The molecule has 0 heterocycles. The summed E-state index contributed by atoms with van der Waals surface area (Å²) in [5.41, 5.74) is 0. The van der Waals surface area contributed by atoms with Crippen LogP contribution in [0.15, 0.2) is 48.6 Å². The van der Waals surface area contributed by atoms with Crippen LogP contribution in [0.25, 0.3) is 0 Å². The van der Waals surface area contributed by atoms with Gasteiger partial charge >= 0.3 is 11.9 Å². The average molecular weight is 559 g/mol. The van der Waals surface area contributed by atoms with Gasteiger partial charge in [-0.3, -0.25) is 9.59 Å². The third-order valence-corrected chi connectivity index (χ3v) is 6.99. The van der Waals surface area contributed by atoms with E-state index in [1.54, 1.807) is 0 Å². The highest BCUT2D eigenvalue weighted by molar-refractivity contribution is 5.69. The van der Waals surface area contributed by atoms with Crippen molar-refractivity contribution >= 4 is 11.9 Å². The second-order valence-electron chi connectivity index (χ2n) is 11.0. The van der Waals surface area contributed by atoms with Gasteiger partial charge in [0.1, 0.15) is 6.10 Å². The minimum Gasteiger partial charge on any atom is -0.481 e. The van der Waals surface area contributed by atoms with E-state index in [0.717, 1.165) is 83.5 Å². The molecule has 0 aromatic heterocycles. The highest BCUT2D eigenvalue weighted by atomic mass is 16.5. The minimum absolute atomic E-state index is 0.0718. The van der Waals surface area contributed by atoms with Crippen molar-refractivity contribution in [3.05, 3.63) is 48.6 Å². The van der Waals surface area contributed by atoms with Crippen LogP contribution in [0.5, 0.6) is 0 Å². The molecule has 1 atom stereocenters. The maximum Gasteiger partial charge on any atom is 0.306 e. The Morgan fingerprint density at radius 2 is 1.10 bits per heavy atom. The molecule has 0 spiro atoms. The normalized spacial score (nSPS) is 12.8. The summed E-state index contributed by atoms with van der Waals surface area (Å²) in [5.74, 6) is -0.779. The monoisotopic (exact) mass is 558 g/mol. The number of hydrogen-bond acceptors (Lipinski definition) is 3. The summed E-state index contributed by atoms with van der Waals surface area (Å²) >= 11 is 0. The third-order valence-electron chi connectivity index (χ3n) is 6.99. The first-order valence-corrected chi connectivity index (χ1v) is 16.6. The highest BCUT2D eigenvalue weighted by Crippen LogP contribution is 2.15. The molecule has 0 aliphatic heterocycles. The van der Waals surface area contributed by atoms with Gasteiger partial charge in [-0.1, -0.05) is 121 Å². The zero-order valence-electron chi connectivity index (χ0n) is 26.1. The second kappa shape index (κ2) is 31.4. The molecule has 0 bridgehead atoms. The van der Waals surface area contributed by atoms with Crippen LogP contribution >= 0.6 is 0 Å². The molecule has 4 nitrogen and oxygen atoms in total. The molecule has 0 amide bonds. The lowest BCUT2D eigenvalue weighted by Gasteiger charge is -2.14. The highest BCUT2D eigenvalue weighted by Gasteiger charge is 2.11. The van der Waals surface area contributed by atoms with E-state index in [9.17, 15) is 9.59 Å². The van der Waals surface area contributed by atoms with Crippen molar-refractivity contribution < 1.29 is 19.4 Å². The molecule has 1 unspecified atom stereocenters. The summed E-state index contributed by atoms with van der Waals surface area (Å²) in [5, 5.41) is 8.74. The van der Waals surface area contributed by atoms with Gasteiger partial charge in [-0.25, -0.2) is 0 Å². The standard InChI is InChI=1S/C36H62O4/c1-3-5-7-9-11-13-14-15-16-17-19-25-29-33-36(39)40-34(30-26-22-18-12-10-8-6-4-2)31-27-23-20-21-24-28-32-35(37)38/h7,9,12-14,18,26,30,34H,3-6,8,10-11,15-17,19-25,27-29,31-33H2,1-2H3,(H,37,38)/b9-7-,14-13-,18-12-,30-26-. The molecule has 4 heteroatoms. The van der Waals surface area contributed by atoms with E-state index in [0.29, 0.717) is 6.42 Å². The summed E-state index contributed by atoms with van der Waals surface area (Å²) < 4.78 is 5.86. The lowest BCUT2D eigenvalue weighted by Crippen LogP contribution is -2.16. The van der Waals surface area contributed by atoms with Crippen LogP contribution < -0.4 is 0 Å². The van der Waals surface area contributed by atoms with Gasteiger partial charge < -0.3 is 9.84 Å². The Kier molecular flexibility index (Phi) is 29.8. The van der Waals surface area contributed by atoms with Gasteiger partial charge in [0.2, 0.25) is 0 Å². The van der Waals surface area contributed by atoms with E-state index in [2.05, 4.69) is 62.5 Å². The Labute approximate surface area is 247 Å². The van der Waals surface area contributed by atoms with E-state index in [4.69, 9.17) is 9.84 Å². The fourth-order valence-electron chi connectivity index (χ4n) is 4.52. The number of allylic oxidation sites excluding steroid dienone is 7. The summed E-state index contributed by atoms with van der Waals surface area (Å²) in [7, 11) is 0. The molecule has 0 fully saturated rings. The van der Waals surface area contributed by atoms with Gasteiger partial charge in [-0.2, -0.15) is 0 Å². The number of hydrogen-bond donors (Lipinski definition) is 1. The molecule has 0 aliphatic carbocycles. The van der Waals surface area contributed by atoms with Crippen molar-refractivity contribution in [1.82, 2.24) is 0 Å². The number of carboxylic acid groups (broad SMARTS) is 1. The fraction of sp³-hybridized carbons (Fsp3) is 0.722. The van der Waals surface area contributed by atoms with Crippen LogP contribution in [0.4, 0.5) is 0 Å². The maximum absolute atomic E-state index is 12.5. The first-order valence-electron chi connectivity index (χ1n) is 16.6. The Bertz CT molecular complexity index is 689. The number of rotatable bonds is 29. The molecule has 0 rings (SSSR count). The van der Waals surface area contributed by atoms with Gasteiger partial charge in [-0.15, -0.1) is 0 Å². The van der Waals surface area contributed by atoms with Crippen LogP contribution in [0.2, 0.25) is 0 Å². The number of ether oxygens (including phenoxy) is 1. The van der Waals surface area contributed by atoms with Gasteiger partial charge in [0.05, 0.1) is 0 Å². The van der Waals surface area contributed by atoms with E-state index in [1.165, 1.54) is 51.4 Å². The van der Waals surface area contributed by atoms with Crippen LogP contribution in [-0.4, -0.2) is 23.1 Å². The number of carbonyl (C=O) groups excluding carboxylic acids is 1. The minimum atomic E-state index is -0.707. The zero-order chi connectivity index (χ0) is 29.4. The Morgan fingerprint density at radius 3 is 1.73 bits per heavy atom. The van der Waals surface area contributed by atoms with Crippen molar-refractivity contribution in [3.8, 4) is 0 Å². The first-order chi connectivity index (χ1) is 19.6. The molecule has 0 saturated heterocycles. The SMILES string of the molecule is CCC/C=C\C/C=C\CCCCCCCC(=O)OC(/C=C\C/C=C\CCCCC)CCCCCCCCC(=O)O. The lowest BCUT2D eigenvalue weighted by atomic mass is 10.1. The van der Waals surface area contributed by atoms with Crippen LogP contribution in [0.1, 0.15) is 162 Å². The number of carbonyl (C=O) groups is 2. The van der Waals surface area contributed by atoms with E-state index < -0.39 is 5.97 Å². The molecule has 0 aromatic carbocycles. The molecule has 230 valence electrons. The number of aliphatic carboxylic acids is 1. The predicted octanol–water partition coefficient (Wildman–Crippen LogP) is 11.2. The summed E-state index contributed by atoms with van der Waals surface area (Å²) in [6.45, 7) is 4.43. The molecule has 0 aliphatic rings. The van der Waals surface area contributed by atoms with Crippen molar-refractivity contribution in [2.45, 2.75) is 168 Å². The second-order valence-corrected chi connectivity index (χ2v) is 11.0. The quantitative estimate of drug-likeness (QED) is 0.0563. The number of esters is 1. The summed E-state index contributed by atoms with van der Waals surface area (Å²) in [6.07, 6.45) is 41.3. The van der Waals surface area contributed by atoms with Crippen LogP contribution in [0.3, 0.4) is 0 Å². The fourth-order valence-corrected chi connectivity index (χ4v) is 4.52. The molecule has 40 heavy (non-hydrogen) atoms. The maximum atomic E-state index is 12.5. The van der Waals surface area contributed by atoms with Gasteiger partial charge in [0.15, 0.2) is 0 Å². The van der Waals surface area contributed by atoms with Crippen LogP contribution in [-0.2, 0) is 14.3 Å². The zero-order valence-corrected chi connectivity index (χ0v) is 26.1. The summed E-state index contributed by atoms with van der Waals surface area (Å²) in [6, 6.07) is 0. The van der Waals surface area contributed by atoms with E-state index in [1.807, 2.05) is 0 Å². The van der Waals surface area contributed by atoms with E-state index >= 15 is 0 Å². The average Bonchev–Trinajstić information content (AvgIpc) is 2.93. The predicted molar refractivity (Wildman–Crippen MR) is 172 cm³/mol. The molecular formula is C36H62O4. The largest absolute Gasteiger partial charge is 0.481 e. The van der Waals surface area contributed by atoms with Crippen molar-refractivity contribution in [1.29, 1.82) is 0 Å². The summed E-state index contributed by atoms with van der Waals surface area (Å²) in [4.78, 5) is 23.1. The van der Waals surface area contributed by atoms with Crippen LogP contribution in [0, 0.1) is 0 Å². The van der Waals surface area contributed by atoms with Crippen molar-refractivity contribution in [3.63, 3.8) is 0 Å². The smallest absolute Gasteiger partial charge is 0.306 e.